The van der Waals surface area contributed by atoms with Crippen molar-refractivity contribution in [2.24, 2.45) is 0 Å². The molecule has 0 saturated carbocycles. The molecular weight excluding hydrogens is 252 g/mol. The summed E-state index contributed by atoms with van der Waals surface area (Å²) in [6.07, 6.45) is 0. The molecule has 0 heterocycles. The molecule has 0 radical (unpaired) electrons. The molecule has 0 aliphatic rings. The van der Waals surface area contributed by atoms with Crippen LogP contribution in [-0.4, -0.2) is 43.5 Å². The standard InChI is InChI=1S/C14H19F2NO2/c1-3-17(7-8-19-4-2)10-14(18)11-5-6-12(15)13(16)9-11/h5-6,9H,3-4,7-8,10H2,1-2H3. The van der Waals surface area contributed by atoms with Crippen molar-refractivity contribution in [3.63, 3.8) is 0 Å². The Balaban J connectivity index is 2.58. The van der Waals surface area contributed by atoms with Crippen LogP contribution < -0.4 is 0 Å². The summed E-state index contributed by atoms with van der Waals surface area (Å²) in [6.45, 7) is 6.54. The fraction of sp³-hybridized carbons (Fsp3) is 0.500. The van der Waals surface area contributed by atoms with Gasteiger partial charge in [-0.05, 0) is 31.7 Å². The van der Waals surface area contributed by atoms with Crippen LogP contribution in [0.15, 0.2) is 18.2 Å². The lowest BCUT2D eigenvalue weighted by Crippen LogP contribution is -2.32. The highest BCUT2D eigenvalue weighted by Gasteiger charge is 2.13. The first kappa shape index (κ1) is 15.7. The second kappa shape index (κ2) is 7.96. The van der Waals surface area contributed by atoms with Crippen molar-refractivity contribution in [2.75, 3.05) is 32.8 Å². The number of likely N-dealkylation sites (N-methyl/N-ethyl adjacent to an activating group) is 1. The smallest absolute Gasteiger partial charge is 0.176 e. The van der Waals surface area contributed by atoms with Gasteiger partial charge in [0.1, 0.15) is 0 Å². The van der Waals surface area contributed by atoms with Crippen molar-refractivity contribution in [3.05, 3.63) is 35.4 Å². The molecule has 3 nitrogen and oxygen atoms in total. The fourth-order valence-electron chi connectivity index (χ4n) is 1.65. The predicted molar refractivity (Wildman–Crippen MR) is 69.3 cm³/mol. The van der Waals surface area contributed by atoms with E-state index in [9.17, 15) is 13.6 Å². The van der Waals surface area contributed by atoms with E-state index in [1.165, 1.54) is 6.07 Å². The number of Topliss-reactive ketones (excluding diaryl/α,β-unsaturated/α-hetero) is 1. The molecule has 0 bridgehead atoms. The van der Waals surface area contributed by atoms with Gasteiger partial charge >= 0.3 is 0 Å². The van der Waals surface area contributed by atoms with Gasteiger partial charge in [-0.2, -0.15) is 0 Å². The summed E-state index contributed by atoms with van der Waals surface area (Å²) in [5, 5.41) is 0. The van der Waals surface area contributed by atoms with Crippen LogP contribution >= 0.6 is 0 Å². The van der Waals surface area contributed by atoms with Crippen LogP contribution in [0.4, 0.5) is 8.78 Å². The first-order valence-corrected chi connectivity index (χ1v) is 6.36. The summed E-state index contributed by atoms with van der Waals surface area (Å²) in [5.74, 6) is -2.17. The van der Waals surface area contributed by atoms with Crippen molar-refractivity contribution < 1.29 is 18.3 Å². The molecular formula is C14H19F2NO2. The second-order valence-corrected chi connectivity index (χ2v) is 4.12. The fourth-order valence-corrected chi connectivity index (χ4v) is 1.65. The van der Waals surface area contributed by atoms with Crippen molar-refractivity contribution in [1.82, 2.24) is 4.90 Å². The first-order chi connectivity index (χ1) is 9.08. The van der Waals surface area contributed by atoms with E-state index in [4.69, 9.17) is 4.74 Å². The van der Waals surface area contributed by atoms with E-state index in [0.717, 1.165) is 12.1 Å². The van der Waals surface area contributed by atoms with Crippen molar-refractivity contribution >= 4 is 5.78 Å². The summed E-state index contributed by atoms with van der Waals surface area (Å²) < 4.78 is 31.1. The number of ether oxygens (including phenoxy) is 1. The summed E-state index contributed by atoms with van der Waals surface area (Å²) >= 11 is 0. The Morgan fingerprint density at radius 2 is 2.00 bits per heavy atom. The Labute approximate surface area is 112 Å². The number of nitrogens with zero attached hydrogens (tertiary/aromatic N) is 1. The average Bonchev–Trinajstić information content (AvgIpc) is 2.40. The maximum atomic E-state index is 13.0. The zero-order chi connectivity index (χ0) is 14.3. The summed E-state index contributed by atoms with van der Waals surface area (Å²) in [4.78, 5) is 13.8. The van der Waals surface area contributed by atoms with Gasteiger partial charge in [0.05, 0.1) is 13.2 Å². The first-order valence-electron chi connectivity index (χ1n) is 6.36. The summed E-state index contributed by atoms with van der Waals surface area (Å²) in [5.41, 5.74) is 0.189. The number of halogens is 2. The minimum Gasteiger partial charge on any atom is -0.380 e. The minimum absolute atomic E-state index is 0.175. The molecule has 0 saturated heterocycles. The van der Waals surface area contributed by atoms with Crippen LogP contribution in [0.5, 0.6) is 0 Å². The van der Waals surface area contributed by atoms with Gasteiger partial charge in [0.15, 0.2) is 17.4 Å². The maximum absolute atomic E-state index is 13.0. The molecule has 106 valence electrons. The minimum atomic E-state index is -0.997. The molecule has 1 aromatic carbocycles. The lowest BCUT2D eigenvalue weighted by atomic mass is 10.1. The van der Waals surface area contributed by atoms with E-state index in [2.05, 4.69) is 0 Å². The van der Waals surface area contributed by atoms with E-state index in [0.29, 0.717) is 26.3 Å². The number of benzene rings is 1. The van der Waals surface area contributed by atoms with Crippen LogP contribution in [0.2, 0.25) is 0 Å². The van der Waals surface area contributed by atoms with Crippen molar-refractivity contribution in [2.45, 2.75) is 13.8 Å². The zero-order valence-corrected chi connectivity index (χ0v) is 11.3. The molecule has 19 heavy (non-hydrogen) atoms. The lowest BCUT2D eigenvalue weighted by molar-refractivity contribution is 0.0867. The third kappa shape index (κ3) is 5.04. The normalized spacial score (nSPS) is 11.0. The Bertz CT molecular complexity index is 424. The molecule has 5 heteroatoms. The Morgan fingerprint density at radius 3 is 2.58 bits per heavy atom. The Morgan fingerprint density at radius 1 is 1.26 bits per heavy atom. The largest absolute Gasteiger partial charge is 0.380 e. The topological polar surface area (TPSA) is 29.5 Å². The molecule has 0 aromatic heterocycles. The third-order valence-electron chi connectivity index (χ3n) is 2.81. The van der Waals surface area contributed by atoms with Gasteiger partial charge in [-0.1, -0.05) is 6.92 Å². The van der Waals surface area contributed by atoms with Crippen LogP contribution in [0, 0.1) is 11.6 Å². The molecule has 1 aromatic rings. The van der Waals surface area contributed by atoms with Crippen LogP contribution in [0.3, 0.4) is 0 Å². The predicted octanol–water partition coefficient (Wildman–Crippen LogP) is 2.51. The molecule has 0 aliphatic heterocycles. The number of hydrogen-bond donors (Lipinski definition) is 0. The van der Waals surface area contributed by atoms with Gasteiger partial charge in [0.2, 0.25) is 0 Å². The summed E-state index contributed by atoms with van der Waals surface area (Å²) in [6, 6.07) is 3.21. The van der Waals surface area contributed by atoms with Crippen LogP contribution in [-0.2, 0) is 4.74 Å². The lowest BCUT2D eigenvalue weighted by Gasteiger charge is -2.19. The van der Waals surface area contributed by atoms with Gasteiger partial charge in [-0.25, -0.2) is 8.78 Å². The quantitative estimate of drug-likeness (QED) is 0.537. The molecule has 0 unspecified atom stereocenters. The third-order valence-corrected chi connectivity index (χ3v) is 2.81. The molecule has 0 spiro atoms. The zero-order valence-electron chi connectivity index (χ0n) is 11.3. The van der Waals surface area contributed by atoms with Gasteiger partial charge in [-0.3, -0.25) is 9.69 Å². The molecule has 0 fully saturated rings. The monoisotopic (exact) mass is 271 g/mol. The molecule has 0 atom stereocenters. The van der Waals surface area contributed by atoms with Gasteiger partial charge in [0.25, 0.3) is 0 Å². The van der Waals surface area contributed by atoms with Gasteiger partial charge < -0.3 is 4.74 Å². The van der Waals surface area contributed by atoms with Crippen LogP contribution in [0.25, 0.3) is 0 Å². The average molecular weight is 271 g/mol. The van der Waals surface area contributed by atoms with Crippen LogP contribution in [0.1, 0.15) is 24.2 Å². The number of carbonyl (C=O) groups excluding carboxylic acids is 1. The van der Waals surface area contributed by atoms with Gasteiger partial charge in [0, 0.05) is 18.7 Å². The molecule has 0 N–H and O–H groups in total. The van der Waals surface area contributed by atoms with E-state index >= 15 is 0 Å². The van der Waals surface area contributed by atoms with Crippen molar-refractivity contribution in [1.29, 1.82) is 0 Å². The maximum Gasteiger partial charge on any atom is 0.176 e. The van der Waals surface area contributed by atoms with E-state index < -0.39 is 11.6 Å². The number of rotatable bonds is 8. The Hall–Kier alpha value is -1.33. The highest BCUT2D eigenvalue weighted by atomic mass is 19.2. The number of ketones is 1. The van der Waals surface area contributed by atoms with Gasteiger partial charge in [-0.15, -0.1) is 0 Å². The Kier molecular flexibility index (Phi) is 6.59. The van der Waals surface area contributed by atoms with E-state index in [1.54, 1.807) is 0 Å². The highest BCUT2D eigenvalue weighted by Crippen LogP contribution is 2.10. The van der Waals surface area contributed by atoms with Crippen molar-refractivity contribution in [3.8, 4) is 0 Å². The number of hydrogen-bond acceptors (Lipinski definition) is 3. The highest BCUT2D eigenvalue weighted by molar-refractivity contribution is 5.97. The van der Waals surface area contributed by atoms with E-state index in [1.807, 2.05) is 18.7 Å². The molecule has 1 rings (SSSR count). The summed E-state index contributed by atoms with van der Waals surface area (Å²) in [7, 11) is 0. The van der Waals surface area contributed by atoms with E-state index in [-0.39, 0.29) is 17.9 Å². The molecule has 0 aliphatic carbocycles. The number of carbonyl (C=O) groups is 1. The SMILES string of the molecule is CCOCCN(CC)CC(=O)c1ccc(F)c(F)c1. The second-order valence-electron chi connectivity index (χ2n) is 4.12. The molecule has 0 amide bonds.